The van der Waals surface area contributed by atoms with Gasteiger partial charge in [-0.05, 0) is 43.4 Å². The fourth-order valence-corrected chi connectivity index (χ4v) is 3.29. The molecule has 1 aromatic carbocycles. The van der Waals surface area contributed by atoms with Crippen LogP contribution in [-0.2, 0) is 0 Å². The van der Waals surface area contributed by atoms with Gasteiger partial charge in [0.05, 0.1) is 0 Å². The van der Waals surface area contributed by atoms with E-state index in [-0.39, 0.29) is 0 Å². The van der Waals surface area contributed by atoms with Crippen molar-refractivity contribution in [3.63, 3.8) is 0 Å². The number of nitrogen functional groups attached to an aromatic ring is 1. The predicted octanol–water partition coefficient (Wildman–Crippen LogP) is 3.83. The number of pyridine rings is 1. The van der Waals surface area contributed by atoms with Gasteiger partial charge in [0.15, 0.2) is 0 Å². The molecule has 106 valence electrons. The van der Waals surface area contributed by atoms with E-state index in [4.69, 9.17) is 5.73 Å². The minimum absolute atomic E-state index is 0.818. The van der Waals surface area contributed by atoms with Crippen LogP contribution in [0.2, 0.25) is 0 Å². The second-order valence-corrected chi connectivity index (χ2v) is 5.79. The first kappa shape index (κ1) is 13.2. The van der Waals surface area contributed by atoms with Gasteiger partial charge < -0.3 is 10.6 Å². The molecule has 1 aliphatic rings. The fourth-order valence-electron chi connectivity index (χ4n) is 3.29. The van der Waals surface area contributed by atoms with Gasteiger partial charge in [0.2, 0.25) is 0 Å². The van der Waals surface area contributed by atoms with E-state index >= 15 is 0 Å². The molecule has 0 aliphatic carbocycles. The molecule has 0 saturated carbocycles. The van der Waals surface area contributed by atoms with Crippen LogP contribution in [0.5, 0.6) is 0 Å². The van der Waals surface area contributed by atoms with Crippen molar-refractivity contribution in [2.75, 3.05) is 23.7 Å². The topological polar surface area (TPSA) is 42.1 Å². The molecule has 0 radical (unpaired) electrons. The summed E-state index contributed by atoms with van der Waals surface area (Å²) in [6.07, 6.45) is 8.99. The summed E-state index contributed by atoms with van der Waals surface area (Å²) in [5, 5.41) is 2.30. The SMILES string of the molecule is CCC1CCCN(c2ccc(N)c3cnccc23)CC1. The maximum absolute atomic E-state index is 6.07. The molecule has 3 nitrogen and oxygen atoms in total. The smallest absolute Gasteiger partial charge is 0.0448 e. The zero-order chi connectivity index (χ0) is 13.9. The molecule has 1 aromatic heterocycles. The molecule has 2 N–H and O–H groups in total. The first-order valence-electron chi connectivity index (χ1n) is 7.66. The minimum Gasteiger partial charge on any atom is -0.398 e. The van der Waals surface area contributed by atoms with Gasteiger partial charge in [-0.15, -0.1) is 0 Å². The summed E-state index contributed by atoms with van der Waals surface area (Å²) in [6, 6.07) is 6.27. The largest absolute Gasteiger partial charge is 0.398 e. The molecule has 0 spiro atoms. The van der Waals surface area contributed by atoms with Crippen LogP contribution in [0.3, 0.4) is 0 Å². The zero-order valence-electron chi connectivity index (χ0n) is 12.2. The van der Waals surface area contributed by atoms with Crippen molar-refractivity contribution in [3.05, 3.63) is 30.6 Å². The lowest BCUT2D eigenvalue weighted by atomic mass is 9.98. The van der Waals surface area contributed by atoms with Crippen LogP contribution in [0.4, 0.5) is 11.4 Å². The highest BCUT2D eigenvalue weighted by atomic mass is 15.1. The third kappa shape index (κ3) is 2.45. The summed E-state index contributed by atoms with van der Waals surface area (Å²) in [7, 11) is 0. The summed E-state index contributed by atoms with van der Waals surface area (Å²) in [6.45, 7) is 4.61. The molecule has 2 heterocycles. The number of nitrogens with zero attached hydrogens (tertiary/aromatic N) is 2. The average molecular weight is 269 g/mol. The number of anilines is 2. The van der Waals surface area contributed by atoms with Crippen molar-refractivity contribution in [2.24, 2.45) is 5.92 Å². The van der Waals surface area contributed by atoms with Crippen LogP contribution < -0.4 is 10.6 Å². The van der Waals surface area contributed by atoms with Gasteiger partial charge in [0, 0.05) is 47.6 Å². The number of hydrogen-bond acceptors (Lipinski definition) is 3. The Morgan fingerprint density at radius 2 is 2.10 bits per heavy atom. The van der Waals surface area contributed by atoms with Crippen molar-refractivity contribution in [1.82, 2.24) is 4.98 Å². The molecular formula is C17H23N3. The molecule has 1 aliphatic heterocycles. The van der Waals surface area contributed by atoms with Crippen molar-refractivity contribution < 1.29 is 0 Å². The lowest BCUT2D eigenvalue weighted by Gasteiger charge is -2.25. The molecule has 0 bridgehead atoms. The quantitative estimate of drug-likeness (QED) is 0.842. The molecule has 0 amide bonds. The standard InChI is InChI=1S/C17H23N3/c1-2-13-4-3-10-20(11-8-13)17-6-5-16(18)15-12-19-9-7-14(15)17/h5-7,9,12-13H,2-4,8,10-11,18H2,1H3. The van der Waals surface area contributed by atoms with E-state index in [1.807, 2.05) is 18.5 Å². The third-order valence-corrected chi connectivity index (χ3v) is 4.59. The van der Waals surface area contributed by atoms with Gasteiger partial charge in [0.1, 0.15) is 0 Å². The highest BCUT2D eigenvalue weighted by molar-refractivity contribution is 6.00. The zero-order valence-corrected chi connectivity index (χ0v) is 12.2. The highest BCUT2D eigenvalue weighted by Crippen LogP contribution is 2.32. The maximum atomic E-state index is 6.07. The summed E-state index contributed by atoms with van der Waals surface area (Å²) >= 11 is 0. The number of nitrogens with two attached hydrogens (primary N) is 1. The molecule has 3 heteroatoms. The van der Waals surface area contributed by atoms with Gasteiger partial charge >= 0.3 is 0 Å². The Bertz CT molecular complexity index is 594. The van der Waals surface area contributed by atoms with E-state index in [9.17, 15) is 0 Å². The van der Waals surface area contributed by atoms with Gasteiger partial charge in [-0.25, -0.2) is 0 Å². The lowest BCUT2D eigenvalue weighted by molar-refractivity contribution is 0.459. The Morgan fingerprint density at radius 3 is 2.95 bits per heavy atom. The molecule has 1 fully saturated rings. The van der Waals surface area contributed by atoms with Crippen LogP contribution >= 0.6 is 0 Å². The Morgan fingerprint density at radius 1 is 1.20 bits per heavy atom. The normalized spacial score (nSPS) is 20.1. The van der Waals surface area contributed by atoms with Gasteiger partial charge in [0.25, 0.3) is 0 Å². The second kappa shape index (κ2) is 5.70. The molecule has 20 heavy (non-hydrogen) atoms. The molecule has 1 unspecified atom stereocenters. The van der Waals surface area contributed by atoms with E-state index in [2.05, 4.69) is 28.9 Å². The van der Waals surface area contributed by atoms with Gasteiger partial charge in [-0.2, -0.15) is 0 Å². The molecule has 3 rings (SSSR count). The predicted molar refractivity (Wildman–Crippen MR) is 86.0 cm³/mol. The number of hydrogen-bond donors (Lipinski definition) is 1. The number of benzene rings is 1. The summed E-state index contributed by atoms with van der Waals surface area (Å²) in [5.74, 6) is 0.890. The second-order valence-electron chi connectivity index (χ2n) is 5.79. The van der Waals surface area contributed by atoms with Gasteiger partial charge in [-0.1, -0.05) is 13.3 Å². The van der Waals surface area contributed by atoms with Crippen molar-refractivity contribution in [3.8, 4) is 0 Å². The summed E-state index contributed by atoms with van der Waals surface area (Å²) in [5.41, 5.74) is 8.20. The first-order chi connectivity index (χ1) is 9.79. The third-order valence-electron chi connectivity index (χ3n) is 4.59. The van der Waals surface area contributed by atoms with Crippen molar-refractivity contribution in [1.29, 1.82) is 0 Å². The van der Waals surface area contributed by atoms with Crippen LogP contribution in [0.1, 0.15) is 32.6 Å². The monoisotopic (exact) mass is 269 g/mol. The summed E-state index contributed by atoms with van der Waals surface area (Å²) in [4.78, 5) is 6.73. The van der Waals surface area contributed by atoms with Crippen LogP contribution in [0.25, 0.3) is 10.8 Å². The van der Waals surface area contributed by atoms with Crippen LogP contribution in [-0.4, -0.2) is 18.1 Å². The number of rotatable bonds is 2. The van der Waals surface area contributed by atoms with Crippen LogP contribution in [0.15, 0.2) is 30.6 Å². The van der Waals surface area contributed by atoms with E-state index in [1.165, 1.54) is 36.8 Å². The minimum atomic E-state index is 0.818. The average Bonchev–Trinajstić information content (AvgIpc) is 2.73. The molecular weight excluding hydrogens is 246 g/mol. The highest BCUT2D eigenvalue weighted by Gasteiger charge is 2.17. The fraction of sp³-hybridized carbons (Fsp3) is 0.471. The number of fused-ring (bicyclic) bond motifs is 1. The Kier molecular flexibility index (Phi) is 3.77. The number of aromatic nitrogens is 1. The van der Waals surface area contributed by atoms with Crippen molar-refractivity contribution in [2.45, 2.75) is 32.6 Å². The summed E-state index contributed by atoms with van der Waals surface area (Å²) < 4.78 is 0. The Labute approximate surface area is 120 Å². The first-order valence-corrected chi connectivity index (χ1v) is 7.66. The molecule has 1 saturated heterocycles. The van der Waals surface area contributed by atoms with Gasteiger partial charge in [-0.3, -0.25) is 4.98 Å². The lowest BCUT2D eigenvalue weighted by Crippen LogP contribution is -2.24. The Hall–Kier alpha value is -1.77. The maximum Gasteiger partial charge on any atom is 0.0448 e. The van der Waals surface area contributed by atoms with Crippen LogP contribution in [0, 0.1) is 5.92 Å². The van der Waals surface area contributed by atoms with E-state index in [0.29, 0.717) is 0 Å². The van der Waals surface area contributed by atoms with E-state index in [1.54, 1.807) is 0 Å². The molecule has 1 atom stereocenters. The Balaban J connectivity index is 1.96. The van der Waals surface area contributed by atoms with E-state index in [0.717, 1.165) is 30.1 Å². The molecule has 2 aromatic rings. The van der Waals surface area contributed by atoms with E-state index < -0.39 is 0 Å². The van der Waals surface area contributed by atoms with Crippen molar-refractivity contribution >= 4 is 22.1 Å².